The molecule has 1 saturated carbocycles. The Morgan fingerprint density at radius 3 is 2.20 bits per heavy atom. The van der Waals surface area contributed by atoms with Gasteiger partial charge in [0.05, 0.1) is 11.8 Å². The topological polar surface area (TPSA) is 99.1 Å². The van der Waals surface area contributed by atoms with Crippen LogP contribution in [0.25, 0.3) is 0 Å². The minimum absolute atomic E-state index is 0.232. The summed E-state index contributed by atoms with van der Waals surface area (Å²) in [4.78, 5) is 12.9. The fourth-order valence-corrected chi connectivity index (χ4v) is 4.20. The lowest BCUT2D eigenvalue weighted by Gasteiger charge is -2.36. The van der Waals surface area contributed by atoms with Crippen molar-refractivity contribution in [3.05, 3.63) is 71.5 Å². The van der Waals surface area contributed by atoms with Crippen molar-refractivity contribution in [1.82, 2.24) is 10.6 Å². The van der Waals surface area contributed by atoms with Crippen LogP contribution in [0.5, 0.6) is 0 Å². The molecule has 2 atom stereocenters. The number of halogens is 4. The summed E-state index contributed by atoms with van der Waals surface area (Å²) in [6.07, 6.45) is -3.82. The predicted octanol–water partition coefficient (Wildman–Crippen LogP) is 2.81. The van der Waals surface area contributed by atoms with E-state index < -0.39 is 56.2 Å². The Balaban J connectivity index is 2.16. The number of nitriles is 1. The first-order chi connectivity index (χ1) is 16.3. The van der Waals surface area contributed by atoms with Gasteiger partial charge in [0.15, 0.2) is 0 Å². The quantitative estimate of drug-likeness (QED) is 0.444. The van der Waals surface area contributed by atoms with Gasteiger partial charge in [0.1, 0.15) is 27.2 Å². The van der Waals surface area contributed by atoms with Crippen LogP contribution in [0.15, 0.2) is 54.6 Å². The lowest BCUT2D eigenvalue weighted by Crippen LogP contribution is -2.62. The third kappa shape index (κ3) is 6.38. The van der Waals surface area contributed by atoms with Crippen molar-refractivity contribution in [2.24, 2.45) is 0 Å². The molecule has 1 aliphatic rings. The summed E-state index contributed by atoms with van der Waals surface area (Å²) in [5, 5.41) is 13.7. The van der Waals surface area contributed by atoms with E-state index in [0.717, 1.165) is 30.5 Å². The number of nitrogens with one attached hydrogen (secondary N) is 2. The maximum atomic E-state index is 14.7. The highest BCUT2D eigenvalue weighted by Crippen LogP contribution is 2.40. The van der Waals surface area contributed by atoms with Crippen molar-refractivity contribution in [3.63, 3.8) is 0 Å². The Morgan fingerprint density at radius 1 is 1.11 bits per heavy atom. The second kappa shape index (κ2) is 9.68. The Bertz CT molecular complexity index is 1290. The average Bonchev–Trinajstić information content (AvgIpc) is 3.55. The minimum Gasteiger partial charge on any atom is -0.336 e. The van der Waals surface area contributed by atoms with E-state index in [4.69, 9.17) is 0 Å². The Kier molecular flexibility index (Phi) is 7.25. The first-order valence-corrected chi connectivity index (χ1v) is 12.4. The van der Waals surface area contributed by atoms with E-state index in [-0.39, 0.29) is 18.4 Å². The number of alkyl halides is 3. The summed E-state index contributed by atoms with van der Waals surface area (Å²) >= 11 is 0. The number of rotatable bonds is 7. The van der Waals surface area contributed by atoms with E-state index in [1.165, 1.54) is 12.1 Å². The molecular weight excluding hydrogens is 486 g/mol. The molecule has 1 amide bonds. The number of benzene rings is 2. The van der Waals surface area contributed by atoms with Gasteiger partial charge in [-0.05, 0) is 42.7 Å². The Morgan fingerprint density at radius 2 is 1.71 bits per heavy atom. The Hall–Kier alpha value is -3.41. The van der Waals surface area contributed by atoms with Gasteiger partial charge >= 0.3 is 6.18 Å². The number of sulfone groups is 1. The largest absolute Gasteiger partial charge is 0.422 e. The summed E-state index contributed by atoms with van der Waals surface area (Å²) in [6, 6.07) is 11.0. The molecule has 1 aliphatic carbocycles. The van der Waals surface area contributed by atoms with Gasteiger partial charge in [0.2, 0.25) is 11.4 Å². The molecule has 3 rings (SSSR count). The van der Waals surface area contributed by atoms with E-state index in [9.17, 15) is 36.0 Å². The molecule has 2 N–H and O–H groups in total. The van der Waals surface area contributed by atoms with Gasteiger partial charge in [0.25, 0.3) is 0 Å². The van der Waals surface area contributed by atoms with Crippen LogP contribution in [0.4, 0.5) is 17.6 Å². The smallest absolute Gasteiger partial charge is 0.336 e. The van der Waals surface area contributed by atoms with Crippen LogP contribution in [0.2, 0.25) is 0 Å². The van der Waals surface area contributed by atoms with Crippen molar-refractivity contribution in [2.75, 3.05) is 12.0 Å². The third-order valence-corrected chi connectivity index (χ3v) is 6.31. The van der Waals surface area contributed by atoms with Crippen molar-refractivity contribution in [1.29, 1.82) is 5.26 Å². The number of hydrogen-bond acceptors (Lipinski definition) is 5. The molecule has 0 unspecified atom stereocenters. The normalized spacial score (nSPS) is 17.1. The highest BCUT2D eigenvalue weighted by atomic mass is 32.2. The molecule has 6 nitrogen and oxygen atoms in total. The van der Waals surface area contributed by atoms with Gasteiger partial charge in [0, 0.05) is 11.8 Å². The van der Waals surface area contributed by atoms with E-state index in [0.29, 0.717) is 0 Å². The minimum atomic E-state index is -5.17. The standard InChI is InChI=1S/C24H21F4N3O3S/c1-35(33,34)15-20(21(32)31-22(16-29)13-14-22)30-23(24(26,27)28,18-7-9-19(25)10-8-18)12-11-17-5-3-2-4-6-17/h2-10,20,30H,13-15H2,1H3,(H,31,32)/t20-,23-/m0/s1. The molecule has 2 aromatic rings. The van der Waals surface area contributed by atoms with Crippen LogP contribution < -0.4 is 10.6 Å². The van der Waals surface area contributed by atoms with Gasteiger partial charge in [-0.3, -0.25) is 10.1 Å². The molecule has 0 aliphatic heterocycles. The van der Waals surface area contributed by atoms with Crippen molar-refractivity contribution in [3.8, 4) is 17.9 Å². The number of nitrogens with zero attached hydrogens (tertiary/aromatic N) is 1. The van der Waals surface area contributed by atoms with Crippen molar-refractivity contribution < 1.29 is 30.8 Å². The maximum absolute atomic E-state index is 14.7. The molecule has 0 bridgehead atoms. The van der Waals surface area contributed by atoms with E-state index >= 15 is 0 Å². The first-order valence-electron chi connectivity index (χ1n) is 10.4. The van der Waals surface area contributed by atoms with Crippen molar-refractivity contribution in [2.45, 2.75) is 36.1 Å². The van der Waals surface area contributed by atoms with E-state index in [2.05, 4.69) is 22.5 Å². The maximum Gasteiger partial charge on any atom is 0.422 e. The molecule has 0 aromatic heterocycles. The highest BCUT2D eigenvalue weighted by molar-refractivity contribution is 7.90. The second-order valence-electron chi connectivity index (χ2n) is 8.34. The summed E-state index contributed by atoms with van der Waals surface area (Å²) in [6.45, 7) is 0. The summed E-state index contributed by atoms with van der Waals surface area (Å²) in [5.41, 5.74) is -4.80. The monoisotopic (exact) mass is 507 g/mol. The summed E-state index contributed by atoms with van der Waals surface area (Å²) in [5.74, 6) is 1.68. The van der Waals surface area contributed by atoms with Crippen molar-refractivity contribution >= 4 is 15.7 Å². The van der Waals surface area contributed by atoms with Crippen LogP contribution in [-0.2, 0) is 20.2 Å². The van der Waals surface area contributed by atoms with Gasteiger partial charge in [-0.2, -0.15) is 18.4 Å². The lowest BCUT2D eigenvalue weighted by molar-refractivity contribution is -0.184. The van der Waals surface area contributed by atoms with Crippen LogP contribution in [0.3, 0.4) is 0 Å². The molecule has 35 heavy (non-hydrogen) atoms. The predicted molar refractivity (Wildman–Crippen MR) is 120 cm³/mol. The molecule has 184 valence electrons. The fourth-order valence-electron chi connectivity index (χ4n) is 3.35. The zero-order valence-corrected chi connectivity index (χ0v) is 19.3. The summed E-state index contributed by atoms with van der Waals surface area (Å²) < 4.78 is 81.9. The first kappa shape index (κ1) is 26.2. The highest BCUT2D eigenvalue weighted by Gasteiger charge is 2.57. The van der Waals surface area contributed by atoms with Crippen LogP contribution >= 0.6 is 0 Å². The number of carbonyl (C=O) groups excluding carboxylic acids is 1. The molecule has 0 spiro atoms. The van der Waals surface area contributed by atoms with Crippen LogP contribution in [0, 0.1) is 29.0 Å². The molecular formula is C24H21F4N3O3S. The Labute approximate surface area is 200 Å². The van der Waals surface area contributed by atoms with Crippen LogP contribution in [-0.4, -0.2) is 44.1 Å². The van der Waals surface area contributed by atoms with Gasteiger partial charge in [-0.1, -0.05) is 42.2 Å². The van der Waals surface area contributed by atoms with E-state index in [1.807, 2.05) is 6.07 Å². The zero-order valence-electron chi connectivity index (χ0n) is 18.5. The third-order valence-electron chi connectivity index (χ3n) is 5.37. The zero-order chi connectivity index (χ0) is 25.9. The SMILES string of the molecule is CS(=O)(=O)C[C@H](N[C@@](C#Cc1ccccc1)(c1ccc(F)cc1)C(F)(F)F)C(=O)NC1(C#N)CC1. The molecule has 0 saturated heterocycles. The van der Waals surface area contributed by atoms with Gasteiger partial charge < -0.3 is 5.32 Å². The van der Waals surface area contributed by atoms with E-state index in [1.54, 1.807) is 18.2 Å². The molecule has 0 heterocycles. The van der Waals surface area contributed by atoms with Gasteiger partial charge in [-0.25, -0.2) is 12.8 Å². The summed E-state index contributed by atoms with van der Waals surface area (Å²) in [7, 11) is -3.97. The molecule has 0 radical (unpaired) electrons. The average molecular weight is 508 g/mol. The molecule has 1 fully saturated rings. The number of hydrogen-bond donors (Lipinski definition) is 2. The van der Waals surface area contributed by atoms with Crippen LogP contribution in [0.1, 0.15) is 24.0 Å². The second-order valence-corrected chi connectivity index (χ2v) is 10.5. The molecule has 11 heteroatoms. The van der Waals surface area contributed by atoms with Gasteiger partial charge in [-0.15, -0.1) is 0 Å². The molecule has 2 aromatic carbocycles. The fraction of sp³-hybridized carbons (Fsp3) is 0.333. The number of carbonyl (C=O) groups is 1. The number of amides is 1. The lowest BCUT2D eigenvalue weighted by atomic mass is 9.88.